The quantitative estimate of drug-likeness (QED) is 0.558. The smallest absolute Gasteiger partial charge is 0.255 e. The minimum absolute atomic E-state index is 0.120. The normalized spacial score (nSPS) is 15.1. The maximum Gasteiger partial charge on any atom is 0.255 e. The van der Waals surface area contributed by atoms with Gasteiger partial charge in [-0.2, -0.15) is 5.10 Å². The number of nitrogens with one attached hydrogen (secondary N) is 2. The van der Waals surface area contributed by atoms with Crippen LogP contribution in [-0.2, 0) is 11.8 Å². The molecule has 7 heteroatoms. The number of carbonyl (C=O) groups excluding carboxylic acids is 2. The average Bonchev–Trinajstić information content (AvgIpc) is 3.17. The molecule has 0 bridgehead atoms. The lowest BCUT2D eigenvalue weighted by Gasteiger charge is -2.30. The zero-order valence-electron chi connectivity index (χ0n) is 20.4. The van der Waals surface area contributed by atoms with Gasteiger partial charge in [0, 0.05) is 35.9 Å². The number of rotatable bonds is 6. The summed E-state index contributed by atoms with van der Waals surface area (Å²) in [6, 6.07) is 9.22. The van der Waals surface area contributed by atoms with Gasteiger partial charge < -0.3 is 10.6 Å². The fourth-order valence-corrected chi connectivity index (χ4v) is 4.88. The molecule has 0 aliphatic heterocycles. The van der Waals surface area contributed by atoms with Crippen molar-refractivity contribution in [3.05, 3.63) is 65.2 Å². The number of amides is 2. The number of pyridine rings is 1. The van der Waals surface area contributed by atoms with E-state index in [4.69, 9.17) is 0 Å². The highest BCUT2D eigenvalue weighted by atomic mass is 16.2. The van der Waals surface area contributed by atoms with Crippen molar-refractivity contribution in [3.63, 3.8) is 0 Å². The number of anilines is 1. The lowest BCUT2D eigenvalue weighted by Crippen LogP contribution is -2.49. The fraction of sp³-hybridized carbons (Fsp3) is 0.407. The fourth-order valence-electron chi connectivity index (χ4n) is 4.88. The predicted octanol–water partition coefficient (Wildman–Crippen LogP) is 4.72. The molecule has 1 unspecified atom stereocenters. The summed E-state index contributed by atoms with van der Waals surface area (Å²) >= 11 is 0. The molecule has 1 fully saturated rings. The number of hydrogen-bond acceptors (Lipinski definition) is 4. The van der Waals surface area contributed by atoms with Gasteiger partial charge in [0.05, 0.1) is 11.8 Å². The first-order valence-corrected chi connectivity index (χ1v) is 12.0. The second-order valence-electron chi connectivity index (χ2n) is 9.27. The van der Waals surface area contributed by atoms with Crippen LogP contribution >= 0.6 is 0 Å². The van der Waals surface area contributed by atoms with Crippen LogP contribution < -0.4 is 10.6 Å². The summed E-state index contributed by atoms with van der Waals surface area (Å²) in [7, 11) is 1.80. The van der Waals surface area contributed by atoms with Crippen LogP contribution in [0.15, 0.2) is 42.7 Å². The second kappa shape index (κ2) is 10.2. The van der Waals surface area contributed by atoms with Crippen molar-refractivity contribution < 1.29 is 9.59 Å². The van der Waals surface area contributed by atoms with Crippen LogP contribution in [0.25, 0.3) is 11.1 Å². The molecule has 2 amide bonds. The first-order chi connectivity index (χ1) is 16.3. The first kappa shape index (κ1) is 23.7. The summed E-state index contributed by atoms with van der Waals surface area (Å²) < 4.78 is 1.66. The number of carbonyl (C=O) groups is 2. The molecule has 2 heterocycles. The van der Waals surface area contributed by atoms with Gasteiger partial charge in [-0.1, -0.05) is 31.4 Å². The van der Waals surface area contributed by atoms with Gasteiger partial charge in [-0.05, 0) is 68.9 Å². The van der Waals surface area contributed by atoms with Crippen LogP contribution in [0, 0.1) is 26.7 Å². The molecule has 1 aliphatic carbocycles. The number of hydrogen-bond donors (Lipinski definition) is 2. The Morgan fingerprint density at radius 1 is 1.03 bits per heavy atom. The Morgan fingerprint density at radius 2 is 1.74 bits per heavy atom. The molecular formula is C27H33N5O2. The van der Waals surface area contributed by atoms with Crippen LogP contribution in [-0.4, -0.2) is 32.6 Å². The summed E-state index contributed by atoms with van der Waals surface area (Å²) in [6.45, 7) is 5.92. The largest absolute Gasteiger partial charge is 0.340 e. The molecule has 0 saturated heterocycles. The van der Waals surface area contributed by atoms with Crippen LogP contribution in [0.4, 0.5) is 5.69 Å². The van der Waals surface area contributed by atoms with Gasteiger partial charge in [-0.25, -0.2) is 0 Å². The van der Waals surface area contributed by atoms with Crippen LogP contribution in [0.3, 0.4) is 0 Å². The zero-order valence-corrected chi connectivity index (χ0v) is 20.4. The van der Waals surface area contributed by atoms with E-state index >= 15 is 0 Å². The van der Waals surface area contributed by atoms with Crippen molar-refractivity contribution in [2.45, 2.75) is 58.9 Å². The summed E-state index contributed by atoms with van der Waals surface area (Å²) in [5, 5.41) is 10.2. The van der Waals surface area contributed by atoms with Crippen molar-refractivity contribution in [3.8, 4) is 11.1 Å². The maximum absolute atomic E-state index is 13.4. The molecule has 1 saturated carbocycles. The summed E-state index contributed by atoms with van der Waals surface area (Å²) in [5.74, 6) is -0.313. The predicted molar refractivity (Wildman–Crippen MR) is 134 cm³/mol. The first-order valence-electron chi connectivity index (χ1n) is 12.0. The molecule has 178 valence electrons. The molecule has 1 aromatic carbocycles. The van der Waals surface area contributed by atoms with E-state index in [9.17, 15) is 9.59 Å². The van der Waals surface area contributed by atoms with Crippen molar-refractivity contribution in [1.29, 1.82) is 0 Å². The molecule has 7 nitrogen and oxygen atoms in total. The number of aryl methyl sites for hydroxylation is 3. The minimum atomic E-state index is -0.588. The maximum atomic E-state index is 13.4. The standard InChI is InChI=1S/C27H33N5O2/c1-17-14-15-28-18(2)24(17)20-10-12-22(13-11-20)30-27(34)25(21-8-6-5-7-9-21)31-26(33)23-16-29-32(4)19(23)3/h10-16,21,25H,5-9H2,1-4H3,(H,30,34)(H,31,33). The van der Waals surface area contributed by atoms with E-state index in [2.05, 4.69) is 27.6 Å². The second-order valence-corrected chi connectivity index (χ2v) is 9.27. The Labute approximate surface area is 201 Å². The highest BCUT2D eigenvalue weighted by Crippen LogP contribution is 2.29. The molecule has 3 aromatic rings. The summed E-state index contributed by atoms with van der Waals surface area (Å²) in [6.07, 6.45) is 8.57. The van der Waals surface area contributed by atoms with Gasteiger partial charge in [0.1, 0.15) is 6.04 Å². The van der Waals surface area contributed by atoms with Crippen molar-refractivity contribution in [2.24, 2.45) is 13.0 Å². The average molecular weight is 460 g/mol. The van der Waals surface area contributed by atoms with Gasteiger partial charge in [-0.3, -0.25) is 19.3 Å². The van der Waals surface area contributed by atoms with Crippen molar-refractivity contribution >= 4 is 17.5 Å². The van der Waals surface area contributed by atoms with E-state index in [1.807, 2.05) is 50.4 Å². The van der Waals surface area contributed by atoms with E-state index in [1.54, 1.807) is 17.9 Å². The molecule has 0 spiro atoms. The monoisotopic (exact) mass is 459 g/mol. The lowest BCUT2D eigenvalue weighted by atomic mass is 9.83. The van der Waals surface area contributed by atoms with Crippen molar-refractivity contribution in [1.82, 2.24) is 20.1 Å². The number of nitrogens with zero attached hydrogens (tertiary/aromatic N) is 3. The Hall–Kier alpha value is -3.48. The Bertz CT molecular complexity index is 1160. The van der Waals surface area contributed by atoms with Gasteiger partial charge in [0.25, 0.3) is 5.91 Å². The summed E-state index contributed by atoms with van der Waals surface area (Å²) in [5.41, 5.74) is 6.29. The highest BCUT2D eigenvalue weighted by molar-refractivity contribution is 6.01. The SMILES string of the molecule is Cc1ccnc(C)c1-c1ccc(NC(=O)C(NC(=O)c2cnn(C)c2C)C2CCCCC2)cc1. The number of aromatic nitrogens is 3. The molecule has 0 radical (unpaired) electrons. The Kier molecular flexibility index (Phi) is 7.10. The summed E-state index contributed by atoms with van der Waals surface area (Å²) in [4.78, 5) is 30.8. The lowest BCUT2D eigenvalue weighted by molar-refractivity contribution is -0.119. The molecule has 4 rings (SSSR count). The van der Waals surface area contributed by atoms with E-state index in [-0.39, 0.29) is 17.7 Å². The van der Waals surface area contributed by atoms with E-state index < -0.39 is 6.04 Å². The van der Waals surface area contributed by atoms with E-state index in [1.165, 1.54) is 6.42 Å². The van der Waals surface area contributed by atoms with Crippen molar-refractivity contribution in [2.75, 3.05) is 5.32 Å². The number of benzene rings is 1. The molecule has 2 N–H and O–H groups in total. The van der Waals surface area contributed by atoms with Gasteiger partial charge >= 0.3 is 0 Å². The van der Waals surface area contributed by atoms with Gasteiger partial charge in [0.15, 0.2) is 0 Å². The van der Waals surface area contributed by atoms with E-state index in [0.29, 0.717) is 11.3 Å². The third-order valence-electron chi connectivity index (χ3n) is 6.96. The Morgan fingerprint density at radius 3 is 2.35 bits per heavy atom. The van der Waals surface area contributed by atoms with Gasteiger partial charge in [-0.15, -0.1) is 0 Å². The van der Waals surface area contributed by atoms with Gasteiger partial charge in [0.2, 0.25) is 5.91 Å². The Balaban J connectivity index is 1.52. The molecule has 2 aromatic heterocycles. The minimum Gasteiger partial charge on any atom is -0.340 e. The molecule has 34 heavy (non-hydrogen) atoms. The highest BCUT2D eigenvalue weighted by Gasteiger charge is 2.32. The zero-order chi connectivity index (χ0) is 24.2. The third kappa shape index (κ3) is 5.03. The van der Waals surface area contributed by atoms with E-state index in [0.717, 1.165) is 53.8 Å². The molecular weight excluding hydrogens is 426 g/mol. The molecule has 1 atom stereocenters. The third-order valence-corrected chi connectivity index (χ3v) is 6.96. The van der Waals surface area contributed by atoms with Crippen LogP contribution in [0.5, 0.6) is 0 Å². The topological polar surface area (TPSA) is 88.9 Å². The molecule has 1 aliphatic rings. The van der Waals surface area contributed by atoms with Crippen LogP contribution in [0.2, 0.25) is 0 Å². The van der Waals surface area contributed by atoms with Crippen LogP contribution in [0.1, 0.15) is 59.4 Å².